The van der Waals surface area contributed by atoms with Gasteiger partial charge in [0, 0.05) is 28.1 Å². The van der Waals surface area contributed by atoms with Gasteiger partial charge in [0.15, 0.2) is 0 Å². The Labute approximate surface area is 118 Å². The molecule has 2 nitrogen and oxygen atoms in total. The van der Waals surface area contributed by atoms with Crippen molar-refractivity contribution in [3.63, 3.8) is 0 Å². The van der Waals surface area contributed by atoms with E-state index >= 15 is 0 Å². The third kappa shape index (κ3) is 2.18. The fourth-order valence-electron chi connectivity index (χ4n) is 1.95. The molecule has 0 atom stereocenters. The molecular formula is C14H11BrN2S. The Balaban J connectivity index is 2.10. The largest absolute Gasteiger partial charge is 0.248 e. The van der Waals surface area contributed by atoms with Gasteiger partial charge in [0.2, 0.25) is 0 Å². The lowest BCUT2D eigenvalue weighted by Gasteiger charge is -2.03. The first-order valence-corrected chi connectivity index (χ1v) is 7.69. The van der Waals surface area contributed by atoms with Crippen LogP contribution in [0.2, 0.25) is 0 Å². The molecule has 0 fully saturated rings. The topological polar surface area (TPSA) is 25.8 Å². The van der Waals surface area contributed by atoms with Crippen LogP contribution in [0.3, 0.4) is 0 Å². The molecule has 0 aliphatic carbocycles. The number of alkyl halides is 1. The molecule has 1 aromatic carbocycles. The van der Waals surface area contributed by atoms with E-state index < -0.39 is 0 Å². The molecule has 3 rings (SSSR count). The van der Waals surface area contributed by atoms with E-state index in [1.54, 1.807) is 0 Å². The highest BCUT2D eigenvalue weighted by molar-refractivity contribution is 9.09. The average molecular weight is 319 g/mol. The smallest absolute Gasteiger partial charge is 0.0737 e. The lowest BCUT2D eigenvalue weighted by Crippen LogP contribution is -1.91. The molecule has 0 aliphatic rings. The van der Waals surface area contributed by atoms with E-state index in [-0.39, 0.29) is 0 Å². The molecule has 0 spiro atoms. The molecule has 4 heteroatoms. The Morgan fingerprint density at radius 2 is 2.00 bits per heavy atom. The van der Waals surface area contributed by atoms with Gasteiger partial charge in [0.05, 0.1) is 16.9 Å². The van der Waals surface area contributed by atoms with E-state index in [1.165, 1.54) is 16.9 Å². The van der Waals surface area contributed by atoms with Crippen molar-refractivity contribution in [3.05, 3.63) is 47.5 Å². The van der Waals surface area contributed by atoms with Gasteiger partial charge >= 0.3 is 0 Å². The second-order valence-electron chi connectivity index (χ2n) is 4.00. The number of rotatable bonds is 3. The minimum Gasteiger partial charge on any atom is -0.248 e. The number of pyridine rings is 1. The summed E-state index contributed by atoms with van der Waals surface area (Å²) in [5.41, 5.74) is 4.33. The summed E-state index contributed by atoms with van der Waals surface area (Å²) in [7, 11) is 0. The molecule has 0 unspecified atom stereocenters. The summed E-state index contributed by atoms with van der Waals surface area (Å²) < 4.78 is 4.43. The number of aromatic nitrogens is 2. The van der Waals surface area contributed by atoms with Crippen LogP contribution in [-0.4, -0.2) is 14.7 Å². The summed E-state index contributed by atoms with van der Waals surface area (Å²) in [6.45, 7) is 0. The average Bonchev–Trinajstić information content (AvgIpc) is 2.87. The first-order valence-electron chi connectivity index (χ1n) is 5.74. The Morgan fingerprint density at radius 1 is 1.11 bits per heavy atom. The first kappa shape index (κ1) is 11.8. The summed E-state index contributed by atoms with van der Waals surface area (Å²) in [6, 6.07) is 12.4. The quantitative estimate of drug-likeness (QED) is 0.673. The van der Waals surface area contributed by atoms with Gasteiger partial charge in [0.25, 0.3) is 0 Å². The minimum atomic E-state index is 0.928. The van der Waals surface area contributed by atoms with Gasteiger partial charge in [-0.15, -0.1) is 0 Å². The van der Waals surface area contributed by atoms with Crippen molar-refractivity contribution in [3.8, 4) is 11.3 Å². The van der Waals surface area contributed by atoms with Crippen molar-refractivity contribution in [1.29, 1.82) is 0 Å². The molecule has 2 heterocycles. The van der Waals surface area contributed by atoms with Gasteiger partial charge in [-0.05, 0) is 23.7 Å². The van der Waals surface area contributed by atoms with Crippen LogP contribution in [0.15, 0.2) is 41.8 Å². The third-order valence-electron chi connectivity index (χ3n) is 2.85. The SMILES string of the molecule is BrCCc1nscc1-c1ccc2ccccc2n1. The summed E-state index contributed by atoms with van der Waals surface area (Å²) in [5.74, 6) is 0. The molecule has 0 aliphatic heterocycles. The maximum absolute atomic E-state index is 4.71. The van der Waals surface area contributed by atoms with Crippen LogP contribution in [0, 0.1) is 0 Å². The van der Waals surface area contributed by atoms with Crippen molar-refractivity contribution in [1.82, 2.24) is 9.36 Å². The van der Waals surface area contributed by atoms with E-state index in [0.717, 1.165) is 34.2 Å². The van der Waals surface area contributed by atoms with E-state index in [2.05, 4.69) is 43.9 Å². The zero-order valence-electron chi connectivity index (χ0n) is 9.64. The standard InChI is InChI=1S/C14H11BrN2S/c15-8-7-14-11(9-18-17-14)13-6-5-10-3-1-2-4-12(10)16-13/h1-6,9H,7-8H2. The van der Waals surface area contributed by atoms with Gasteiger partial charge in [-0.2, -0.15) is 4.37 Å². The summed E-state index contributed by atoms with van der Waals surface area (Å²) in [4.78, 5) is 4.71. The lowest BCUT2D eigenvalue weighted by atomic mass is 10.1. The molecule has 0 saturated heterocycles. The third-order valence-corrected chi connectivity index (χ3v) is 3.91. The molecule has 90 valence electrons. The fourth-order valence-corrected chi connectivity index (χ4v) is 3.06. The van der Waals surface area contributed by atoms with Gasteiger partial charge in [-0.25, -0.2) is 4.98 Å². The molecular weight excluding hydrogens is 308 g/mol. The number of halogens is 1. The Morgan fingerprint density at radius 3 is 2.89 bits per heavy atom. The molecule has 0 amide bonds. The monoisotopic (exact) mass is 318 g/mol. The second-order valence-corrected chi connectivity index (χ2v) is 5.43. The molecule has 0 N–H and O–H groups in total. The number of para-hydroxylation sites is 1. The van der Waals surface area contributed by atoms with Gasteiger partial charge in [0.1, 0.15) is 0 Å². The lowest BCUT2D eigenvalue weighted by molar-refractivity contribution is 1.11. The normalized spacial score (nSPS) is 10.9. The van der Waals surface area contributed by atoms with Gasteiger partial charge in [-0.3, -0.25) is 0 Å². The molecule has 2 aromatic heterocycles. The van der Waals surface area contributed by atoms with Crippen LogP contribution < -0.4 is 0 Å². The summed E-state index contributed by atoms with van der Waals surface area (Å²) in [5, 5.41) is 4.18. The van der Waals surface area contributed by atoms with Crippen molar-refractivity contribution < 1.29 is 0 Å². The van der Waals surface area contributed by atoms with E-state index in [9.17, 15) is 0 Å². The van der Waals surface area contributed by atoms with Gasteiger partial charge in [-0.1, -0.05) is 40.2 Å². The van der Waals surface area contributed by atoms with Crippen molar-refractivity contribution in [2.75, 3.05) is 5.33 Å². The van der Waals surface area contributed by atoms with Crippen molar-refractivity contribution >= 4 is 38.4 Å². The predicted molar refractivity (Wildman–Crippen MR) is 80.3 cm³/mol. The number of benzene rings is 1. The number of hydrogen-bond acceptors (Lipinski definition) is 3. The zero-order valence-corrected chi connectivity index (χ0v) is 12.0. The highest BCUT2D eigenvalue weighted by atomic mass is 79.9. The van der Waals surface area contributed by atoms with Crippen molar-refractivity contribution in [2.45, 2.75) is 6.42 Å². The maximum Gasteiger partial charge on any atom is 0.0737 e. The second kappa shape index (κ2) is 5.16. The van der Waals surface area contributed by atoms with Crippen LogP contribution in [0.5, 0.6) is 0 Å². The van der Waals surface area contributed by atoms with Crippen molar-refractivity contribution in [2.24, 2.45) is 0 Å². The van der Waals surface area contributed by atoms with Crippen LogP contribution >= 0.6 is 27.5 Å². The highest BCUT2D eigenvalue weighted by Gasteiger charge is 2.09. The number of aryl methyl sites for hydroxylation is 1. The highest BCUT2D eigenvalue weighted by Crippen LogP contribution is 2.26. The number of nitrogens with zero attached hydrogens (tertiary/aromatic N) is 2. The molecule has 3 aromatic rings. The van der Waals surface area contributed by atoms with Crippen LogP contribution in [0.4, 0.5) is 0 Å². The Bertz CT molecular complexity index is 678. The molecule has 0 saturated carbocycles. The number of fused-ring (bicyclic) bond motifs is 1. The molecule has 18 heavy (non-hydrogen) atoms. The predicted octanol–water partition coefficient (Wildman–Crippen LogP) is 4.30. The first-order chi connectivity index (χ1) is 8.88. The number of hydrogen-bond donors (Lipinski definition) is 0. The summed E-state index contributed by atoms with van der Waals surface area (Å²) >= 11 is 4.96. The van der Waals surface area contributed by atoms with E-state index in [0.29, 0.717) is 0 Å². The Hall–Kier alpha value is -1.26. The molecule has 0 bridgehead atoms. The van der Waals surface area contributed by atoms with E-state index in [4.69, 9.17) is 4.98 Å². The van der Waals surface area contributed by atoms with Crippen LogP contribution in [0.1, 0.15) is 5.69 Å². The fraction of sp³-hybridized carbons (Fsp3) is 0.143. The molecule has 0 radical (unpaired) electrons. The van der Waals surface area contributed by atoms with Crippen LogP contribution in [-0.2, 0) is 6.42 Å². The maximum atomic E-state index is 4.71. The Kier molecular flexibility index (Phi) is 3.39. The van der Waals surface area contributed by atoms with Crippen LogP contribution in [0.25, 0.3) is 22.2 Å². The zero-order chi connectivity index (χ0) is 12.4. The van der Waals surface area contributed by atoms with Gasteiger partial charge < -0.3 is 0 Å². The van der Waals surface area contributed by atoms with E-state index in [1.807, 2.05) is 18.2 Å². The summed E-state index contributed by atoms with van der Waals surface area (Å²) in [6.07, 6.45) is 0.938. The minimum absolute atomic E-state index is 0.928.